The molecule has 12 heteroatoms. The summed E-state index contributed by atoms with van der Waals surface area (Å²) in [6.45, 7) is 6.03. The van der Waals surface area contributed by atoms with Gasteiger partial charge in [0.1, 0.15) is 12.1 Å². The molecule has 2 N–H and O–H groups in total. The number of hydrogen-bond acceptors (Lipinski definition) is 8. The lowest BCUT2D eigenvalue weighted by Gasteiger charge is -2.22. The number of ether oxygens (including phenoxy) is 2. The van der Waals surface area contributed by atoms with E-state index in [4.69, 9.17) is 13.9 Å². The van der Waals surface area contributed by atoms with Crippen molar-refractivity contribution in [1.82, 2.24) is 14.0 Å². The first-order chi connectivity index (χ1) is 15.1. The zero-order valence-corrected chi connectivity index (χ0v) is 19.2. The van der Waals surface area contributed by atoms with E-state index in [9.17, 15) is 17.6 Å². The van der Waals surface area contributed by atoms with E-state index in [1.165, 1.54) is 13.2 Å². The van der Waals surface area contributed by atoms with Gasteiger partial charge in [-0.15, -0.1) is 0 Å². The van der Waals surface area contributed by atoms with Gasteiger partial charge in [-0.25, -0.2) is 9.11 Å². The summed E-state index contributed by atoms with van der Waals surface area (Å²) in [4.78, 5) is 16.5. The number of rotatable bonds is 7. The molecule has 1 aliphatic rings. The van der Waals surface area contributed by atoms with Crippen molar-refractivity contribution in [2.75, 3.05) is 38.7 Å². The molecule has 1 saturated heterocycles. The molecule has 1 atom stereocenters. The molecule has 0 aliphatic carbocycles. The van der Waals surface area contributed by atoms with Crippen LogP contribution in [0.1, 0.15) is 41.4 Å². The molecule has 0 saturated carbocycles. The fourth-order valence-electron chi connectivity index (χ4n) is 3.16. The second kappa shape index (κ2) is 9.94. The summed E-state index contributed by atoms with van der Waals surface area (Å²) < 4.78 is 58.2. The van der Waals surface area contributed by atoms with Crippen molar-refractivity contribution in [3.8, 4) is 0 Å². The van der Waals surface area contributed by atoms with Gasteiger partial charge in [0, 0.05) is 25.9 Å². The van der Waals surface area contributed by atoms with Crippen LogP contribution in [0.25, 0.3) is 0 Å². The highest BCUT2D eigenvalue weighted by Crippen LogP contribution is 2.28. The number of aryl methyl sites for hydroxylation is 1. The van der Waals surface area contributed by atoms with Crippen molar-refractivity contribution in [2.24, 2.45) is 0 Å². The van der Waals surface area contributed by atoms with Gasteiger partial charge >= 0.3 is 10.2 Å². The Bertz CT molecular complexity index is 1070. The van der Waals surface area contributed by atoms with Crippen molar-refractivity contribution in [2.45, 2.75) is 32.8 Å². The largest absolute Gasteiger partial charge is 0.431 e. The average Bonchev–Trinajstić information content (AvgIpc) is 3.04. The third-order valence-electron chi connectivity index (χ3n) is 5.04. The molecule has 10 nitrogen and oxygen atoms in total. The summed E-state index contributed by atoms with van der Waals surface area (Å²) in [5.74, 6) is -1.29. The molecule has 32 heavy (non-hydrogen) atoms. The van der Waals surface area contributed by atoms with E-state index < -0.39 is 22.2 Å². The number of oxazole rings is 1. The van der Waals surface area contributed by atoms with Crippen LogP contribution in [0.3, 0.4) is 0 Å². The Hall–Kier alpha value is -2.54. The van der Waals surface area contributed by atoms with Gasteiger partial charge in [0.15, 0.2) is 5.69 Å². The van der Waals surface area contributed by atoms with E-state index in [-0.39, 0.29) is 49.7 Å². The third kappa shape index (κ3) is 5.63. The molecule has 2 aromatic rings. The minimum atomic E-state index is -4.14. The molecule has 176 valence electrons. The Labute approximate surface area is 186 Å². The molecular weight excluding hydrogens is 443 g/mol. The number of nitrogens with one attached hydrogen (secondary N) is 2. The lowest BCUT2D eigenvalue weighted by atomic mass is 10.00. The number of amides is 1. The number of halogens is 1. The van der Waals surface area contributed by atoms with Crippen LogP contribution in [0.5, 0.6) is 0 Å². The number of carbonyl (C=O) groups excluding carboxylic acids is 1. The summed E-state index contributed by atoms with van der Waals surface area (Å²) in [5, 5.41) is 2.90. The number of benzene rings is 1. The van der Waals surface area contributed by atoms with Crippen LogP contribution in [0, 0.1) is 12.7 Å². The van der Waals surface area contributed by atoms with E-state index in [1.807, 2.05) is 18.6 Å². The van der Waals surface area contributed by atoms with E-state index in [2.05, 4.69) is 10.3 Å². The molecular formula is C20H27FN4O6S. The topological polar surface area (TPSA) is 123 Å². The highest BCUT2D eigenvalue weighted by Gasteiger charge is 2.30. The van der Waals surface area contributed by atoms with Crippen molar-refractivity contribution in [3.63, 3.8) is 0 Å². The zero-order valence-electron chi connectivity index (χ0n) is 18.3. The van der Waals surface area contributed by atoms with Gasteiger partial charge in [-0.1, -0.05) is 13.8 Å². The van der Waals surface area contributed by atoms with Gasteiger partial charge in [-0.3, -0.25) is 4.79 Å². The Morgan fingerprint density at radius 1 is 1.38 bits per heavy atom. The lowest BCUT2D eigenvalue weighted by Crippen LogP contribution is -2.47. The Morgan fingerprint density at radius 3 is 2.81 bits per heavy atom. The van der Waals surface area contributed by atoms with Crippen LogP contribution in [-0.4, -0.2) is 63.1 Å². The van der Waals surface area contributed by atoms with Gasteiger partial charge in [-0.2, -0.15) is 17.7 Å². The van der Waals surface area contributed by atoms with Crippen LogP contribution < -0.4 is 10.0 Å². The summed E-state index contributed by atoms with van der Waals surface area (Å²) in [6, 6.07) is 3.02. The smallest absolute Gasteiger partial charge is 0.304 e. The van der Waals surface area contributed by atoms with Crippen molar-refractivity contribution in [3.05, 3.63) is 41.0 Å². The fraction of sp³-hybridized carbons (Fsp3) is 0.500. The van der Waals surface area contributed by atoms with Crippen molar-refractivity contribution in [1.29, 1.82) is 0 Å². The number of hydrogen-bond donors (Lipinski definition) is 2. The lowest BCUT2D eigenvalue weighted by molar-refractivity contribution is 0.0258. The molecule has 1 amide bonds. The first-order valence-corrected chi connectivity index (χ1v) is 11.5. The Balaban J connectivity index is 1.71. The van der Waals surface area contributed by atoms with Crippen LogP contribution >= 0.6 is 0 Å². The maximum atomic E-state index is 14.1. The van der Waals surface area contributed by atoms with Crippen LogP contribution in [-0.2, 0) is 19.7 Å². The summed E-state index contributed by atoms with van der Waals surface area (Å²) in [6.07, 6.45) is 0.598. The molecule has 0 bridgehead atoms. The zero-order chi connectivity index (χ0) is 23.5. The maximum Gasteiger partial charge on any atom is 0.304 e. The minimum absolute atomic E-state index is 0.0282. The third-order valence-corrected chi connectivity index (χ3v) is 6.49. The first-order valence-electron chi connectivity index (χ1n) is 10.1. The summed E-state index contributed by atoms with van der Waals surface area (Å²) in [7, 11) is -2.69. The Morgan fingerprint density at radius 2 is 2.12 bits per heavy atom. The number of aromatic nitrogens is 1. The van der Waals surface area contributed by atoms with E-state index >= 15 is 0 Å². The van der Waals surface area contributed by atoms with Crippen LogP contribution in [0.15, 0.2) is 22.8 Å². The Kier molecular flexibility index (Phi) is 7.49. The molecule has 0 radical (unpaired) electrons. The normalized spacial score (nSPS) is 17.9. The molecule has 1 fully saturated rings. The molecule has 1 unspecified atom stereocenters. The molecule has 1 aromatic heterocycles. The van der Waals surface area contributed by atoms with E-state index in [0.29, 0.717) is 16.8 Å². The van der Waals surface area contributed by atoms with Gasteiger partial charge in [-0.05, 0) is 36.1 Å². The highest BCUT2D eigenvalue weighted by molar-refractivity contribution is 7.87. The van der Waals surface area contributed by atoms with E-state index in [0.717, 1.165) is 10.6 Å². The highest BCUT2D eigenvalue weighted by atomic mass is 32.2. The second-order valence-corrected chi connectivity index (χ2v) is 9.40. The summed E-state index contributed by atoms with van der Waals surface area (Å²) >= 11 is 0. The molecule has 2 heterocycles. The van der Waals surface area contributed by atoms with E-state index in [1.54, 1.807) is 13.0 Å². The predicted molar refractivity (Wildman–Crippen MR) is 115 cm³/mol. The standard InChI is InChI=1S/C20H27FN4O6S/c1-12(2)15-8-17(13(3)7-16(15)21)22-20-23-18(11-31-20)19(26)24-32(27,28)25-5-6-30-10-14(9-25)29-4/h7-8,11-12,14H,5-6,9-10H2,1-4H3,(H,22,23)(H,24,26). The van der Waals surface area contributed by atoms with Gasteiger partial charge < -0.3 is 19.2 Å². The van der Waals surface area contributed by atoms with Crippen molar-refractivity contribution < 1.29 is 31.5 Å². The van der Waals surface area contributed by atoms with Gasteiger partial charge in [0.25, 0.3) is 11.9 Å². The SMILES string of the molecule is COC1COCCN(S(=O)(=O)NC(=O)c2coc(Nc3cc(C(C)C)c(F)cc3C)n2)C1. The number of anilines is 2. The number of nitrogens with zero attached hydrogens (tertiary/aromatic N) is 2. The minimum Gasteiger partial charge on any atom is -0.431 e. The number of methoxy groups -OCH3 is 1. The van der Waals surface area contributed by atoms with Gasteiger partial charge in [0.05, 0.1) is 19.3 Å². The second-order valence-electron chi connectivity index (χ2n) is 7.73. The molecule has 0 spiro atoms. The maximum absolute atomic E-state index is 14.1. The quantitative estimate of drug-likeness (QED) is 0.632. The first kappa shape index (κ1) is 24.1. The summed E-state index contributed by atoms with van der Waals surface area (Å²) in [5.41, 5.74) is 1.47. The predicted octanol–water partition coefficient (Wildman–Crippen LogP) is 2.31. The fourth-order valence-corrected chi connectivity index (χ4v) is 4.31. The average molecular weight is 471 g/mol. The van der Waals surface area contributed by atoms with Gasteiger partial charge in [0.2, 0.25) is 0 Å². The monoisotopic (exact) mass is 470 g/mol. The van der Waals surface area contributed by atoms with Crippen LogP contribution in [0.4, 0.5) is 16.1 Å². The number of carbonyl (C=O) groups is 1. The molecule has 1 aromatic carbocycles. The molecule has 3 rings (SSSR count). The van der Waals surface area contributed by atoms with Crippen molar-refractivity contribution >= 4 is 27.8 Å². The van der Waals surface area contributed by atoms with Crippen LogP contribution in [0.2, 0.25) is 0 Å². The molecule has 1 aliphatic heterocycles.